The lowest BCUT2D eigenvalue weighted by molar-refractivity contribution is 1.60. The number of benzene rings is 1. The van der Waals surface area contributed by atoms with E-state index in [4.69, 9.17) is 11.6 Å². The van der Waals surface area contributed by atoms with Crippen molar-refractivity contribution in [1.82, 2.24) is 0 Å². The molecule has 0 unspecified atom stereocenters. The van der Waals surface area contributed by atoms with E-state index in [-0.39, 0.29) is 0 Å². The molecular weight excluding hydrogens is 418 g/mol. The minimum absolute atomic E-state index is 0.762. The molecule has 0 fully saturated rings. The molecule has 0 bridgehead atoms. The Bertz CT molecular complexity index is 299. The molecule has 1 rings (SSSR count). The Labute approximate surface area is 107 Å². The van der Waals surface area contributed by atoms with Gasteiger partial charge in [0.05, 0.1) is 3.39 Å². The van der Waals surface area contributed by atoms with Gasteiger partial charge in [0.2, 0.25) is 0 Å². The molecule has 64 valence electrons. The Hall–Kier alpha value is 0.940. The average molecular weight is 422 g/mol. The lowest BCUT2D eigenvalue weighted by Gasteiger charge is -2.00. The first-order valence-corrected chi connectivity index (χ1v) is 6.12. The summed E-state index contributed by atoms with van der Waals surface area (Å²) < 4.78 is 2.03. The fraction of sp³-hybridized carbons (Fsp3) is 0. The predicted octanol–water partition coefficient (Wildman–Crippen LogP) is 5.03. The zero-order valence-electron chi connectivity index (χ0n) is 5.82. The van der Waals surface area contributed by atoms with Crippen LogP contribution in [0.3, 0.4) is 0 Å². The molecule has 0 radical (unpaired) electrons. The Kier molecular flexibility index (Phi) is 4.57. The molecule has 1 aromatic rings. The standard InChI is InChI=1S/C8H4Br2ClI/c9-8(10)4-5-6(11)2-1-3-7(5)12/h1-4H. The lowest BCUT2D eigenvalue weighted by Crippen LogP contribution is -1.80. The summed E-state index contributed by atoms with van der Waals surface area (Å²) in [5.41, 5.74) is 1.03. The van der Waals surface area contributed by atoms with Crippen molar-refractivity contribution in [2.45, 2.75) is 0 Å². The van der Waals surface area contributed by atoms with Crippen molar-refractivity contribution >= 4 is 72.1 Å². The monoisotopic (exact) mass is 420 g/mol. The maximum Gasteiger partial charge on any atom is 0.0610 e. The molecule has 0 amide bonds. The lowest BCUT2D eigenvalue weighted by atomic mass is 10.2. The third-order valence-corrected chi connectivity index (χ3v) is 2.98. The van der Waals surface area contributed by atoms with Crippen LogP contribution in [0.4, 0.5) is 0 Å². The van der Waals surface area contributed by atoms with Gasteiger partial charge in [0.1, 0.15) is 0 Å². The van der Waals surface area contributed by atoms with Crippen molar-refractivity contribution < 1.29 is 0 Å². The summed E-state index contributed by atoms with van der Waals surface area (Å²) in [6, 6.07) is 5.82. The van der Waals surface area contributed by atoms with Crippen LogP contribution in [0.1, 0.15) is 5.56 Å². The normalized spacial score (nSPS) is 9.67. The first kappa shape index (κ1) is 11.0. The molecular formula is C8H4Br2ClI. The molecule has 0 atom stereocenters. The maximum absolute atomic E-state index is 5.98. The van der Waals surface area contributed by atoms with E-state index in [9.17, 15) is 0 Å². The van der Waals surface area contributed by atoms with Gasteiger partial charge in [-0.2, -0.15) is 0 Å². The number of halogens is 4. The van der Waals surface area contributed by atoms with Gasteiger partial charge in [0.25, 0.3) is 0 Å². The fourth-order valence-electron chi connectivity index (χ4n) is 0.758. The van der Waals surface area contributed by atoms with Crippen LogP contribution in [0.2, 0.25) is 5.02 Å². The Morgan fingerprint density at radius 3 is 2.58 bits per heavy atom. The van der Waals surface area contributed by atoms with E-state index in [0.717, 1.165) is 17.5 Å². The molecule has 0 saturated carbocycles. The van der Waals surface area contributed by atoms with E-state index in [2.05, 4.69) is 54.5 Å². The molecule has 0 aromatic heterocycles. The summed E-state index contributed by atoms with van der Waals surface area (Å²) in [6.07, 6.45) is 1.93. The van der Waals surface area contributed by atoms with E-state index in [1.54, 1.807) is 0 Å². The predicted molar refractivity (Wildman–Crippen MR) is 70.0 cm³/mol. The highest BCUT2D eigenvalue weighted by atomic mass is 127. The molecule has 0 aliphatic rings. The first-order valence-electron chi connectivity index (χ1n) is 3.08. The van der Waals surface area contributed by atoms with Crippen LogP contribution in [0.5, 0.6) is 0 Å². The van der Waals surface area contributed by atoms with E-state index in [1.807, 2.05) is 24.3 Å². The second-order valence-corrected chi connectivity index (χ2v) is 6.41. The molecule has 1 aromatic carbocycles. The summed E-state index contributed by atoms with van der Waals surface area (Å²) in [6.45, 7) is 0. The molecule has 0 aliphatic heterocycles. The number of hydrogen-bond acceptors (Lipinski definition) is 0. The topological polar surface area (TPSA) is 0 Å². The van der Waals surface area contributed by atoms with Crippen LogP contribution < -0.4 is 0 Å². The molecule has 0 heterocycles. The fourth-order valence-corrected chi connectivity index (χ4v) is 2.26. The number of hydrogen-bond donors (Lipinski definition) is 0. The summed E-state index contributed by atoms with van der Waals surface area (Å²) in [7, 11) is 0. The summed E-state index contributed by atoms with van der Waals surface area (Å²) in [5, 5.41) is 0.762. The molecule has 0 aliphatic carbocycles. The minimum Gasteiger partial charge on any atom is -0.0836 e. The van der Waals surface area contributed by atoms with Crippen LogP contribution in [-0.2, 0) is 0 Å². The van der Waals surface area contributed by atoms with Gasteiger partial charge in [-0.1, -0.05) is 17.7 Å². The van der Waals surface area contributed by atoms with Crippen LogP contribution in [0.25, 0.3) is 6.08 Å². The zero-order valence-corrected chi connectivity index (χ0v) is 11.9. The molecule has 0 nitrogen and oxygen atoms in total. The van der Waals surface area contributed by atoms with Gasteiger partial charge in [-0.3, -0.25) is 0 Å². The van der Waals surface area contributed by atoms with E-state index in [1.165, 1.54) is 0 Å². The van der Waals surface area contributed by atoms with Crippen LogP contribution >= 0.6 is 66.1 Å². The largest absolute Gasteiger partial charge is 0.0836 e. The van der Waals surface area contributed by atoms with Gasteiger partial charge in [0.15, 0.2) is 0 Å². The summed E-state index contributed by atoms with van der Waals surface area (Å²) in [5.74, 6) is 0. The average Bonchev–Trinajstić information content (AvgIpc) is 1.97. The molecule has 4 heteroatoms. The smallest absolute Gasteiger partial charge is 0.0610 e. The summed E-state index contributed by atoms with van der Waals surface area (Å²) in [4.78, 5) is 0. The highest BCUT2D eigenvalue weighted by Crippen LogP contribution is 2.27. The van der Waals surface area contributed by atoms with Crippen molar-refractivity contribution in [2.75, 3.05) is 0 Å². The van der Waals surface area contributed by atoms with E-state index >= 15 is 0 Å². The third kappa shape index (κ3) is 3.01. The van der Waals surface area contributed by atoms with Gasteiger partial charge >= 0.3 is 0 Å². The SMILES string of the molecule is Clc1cccc(I)c1C=C(Br)Br. The quantitative estimate of drug-likeness (QED) is 0.557. The highest BCUT2D eigenvalue weighted by molar-refractivity contribution is 14.1. The van der Waals surface area contributed by atoms with Gasteiger partial charge in [-0.25, -0.2) is 0 Å². The Morgan fingerprint density at radius 1 is 1.42 bits per heavy atom. The summed E-state index contributed by atoms with van der Waals surface area (Å²) >= 11 is 14.8. The van der Waals surface area contributed by atoms with Crippen molar-refractivity contribution in [3.05, 3.63) is 35.7 Å². The van der Waals surface area contributed by atoms with Crippen LogP contribution in [-0.4, -0.2) is 0 Å². The van der Waals surface area contributed by atoms with E-state index < -0.39 is 0 Å². The van der Waals surface area contributed by atoms with Gasteiger partial charge in [-0.15, -0.1) is 0 Å². The highest BCUT2D eigenvalue weighted by Gasteiger charge is 2.01. The molecule has 0 spiro atoms. The first-order chi connectivity index (χ1) is 5.61. The van der Waals surface area contributed by atoms with Gasteiger partial charge < -0.3 is 0 Å². The maximum atomic E-state index is 5.98. The van der Waals surface area contributed by atoms with Crippen molar-refractivity contribution in [3.8, 4) is 0 Å². The van der Waals surface area contributed by atoms with Crippen molar-refractivity contribution in [2.24, 2.45) is 0 Å². The second kappa shape index (κ2) is 4.98. The zero-order chi connectivity index (χ0) is 9.14. The second-order valence-electron chi connectivity index (χ2n) is 2.07. The van der Waals surface area contributed by atoms with Gasteiger partial charge in [-0.05, 0) is 72.7 Å². The molecule has 12 heavy (non-hydrogen) atoms. The van der Waals surface area contributed by atoms with Crippen LogP contribution in [0, 0.1) is 3.57 Å². The molecule has 0 N–H and O–H groups in total. The van der Waals surface area contributed by atoms with Gasteiger partial charge in [0, 0.05) is 14.2 Å². The van der Waals surface area contributed by atoms with Crippen LogP contribution in [0.15, 0.2) is 21.6 Å². The Balaban J connectivity index is 3.22. The number of rotatable bonds is 1. The van der Waals surface area contributed by atoms with E-state index in [0.29, 0.717) is 0 Å². The molecule has 0 saturated heterocycles. The Morgan fingerprint density at radius 2 is 2.08 bits per heavy atom. The minimum atomic E-state index is 0.762. The van der Waals surface area contributed by atoms with Crippen molar-refractivity contribution in [1.29, 1.82) is 0 Å². The third-order valence-electron chi connectivity index (χ3n) is 1.25. The van der Waals surface area contributed by atoms with Crippen molar-refractivity contribution in [3.63, 3.8) is 0 Å².